The number of nitrogens with one attached hydrogen (secondary N) is 1. The molecule has 0 amide bonds. The Labute approximate surface area is 105 Å². The van der Waals surface area contributed by atoms with Crippen LogP contribution in [0.4, 0.5) is 4.39 Å². The molecule has 1 aromatic carbocycles. The Balaban J connectivity index is 2.76. The van der Waals surface area contributed by atoms with Gasteiger partial charge in [-0.05, 0) is 24.4 Å². The molecule has 0 saturated heterocycles. The molecule has 4 heteroatoms. The van der Waals surface area contributed by atoms with Gasteiger partial charge in [0.25, 0.3) is 5.56 Å². The quantitative estimate of drug-likeness (QED) is 0.813. The first kappa shape index (κ1) is 12.8. The minimum Gasteiger partial charge on any atom is -0.327 e. The van der Waals surface area contributed by atoms with Crippen LogP contribution in [0.2, 0.25) is 0 Å². The number of rotatable bonds is 2. The van der Waals surface area contributed by atoms with E-state index in [9.17, 15) is 9.18 Å². The molecule has 1 aromatic heterocycles. The maximum absolute atomic E-state index is 13.2. The second-order valence-electron chi connectivity index (χ2n) is 5.70. The van der Waals surface area contributed by atoms with Crippen LogP contribution in [0, 0.1) is 12.7 Å². The van der Waals surface area contributed by atoms with Crippen molar-refractivity contribution in [2.24, 2.45) is 0 Å². The summed E-state index contributed by atoms with van der Waals surface area (Å²) in [6.07, 6.45) is 0. The van der Waals surface area contributed by atoms with Crippen molar-refractivity contribution in [3.63, 3.8) is 0 Å². The summed E-state index contributed by atoms with van der Waals surface area (Å²) < 4.78 is 14.0. The van der Waals surface area contributed by atoms with Gasteiger partial charge in [0.05, 0.1) is 26.5 Å². The second-order valence-corrected chi connectivity index (χ2v) is 5.70. The summed E-state index contributed by atoms with van der Waals surface area (Å²) in [5, 5.41) is 1.26. The first-order chi connectivity index (χ1) is 8.28. The average Bonchev–Trinajstić information content (AvgIpc) is 2.23. The predicted molar refractivity (Wildman–Crippen MR) is 71.0 cm³/mol. The lowest BCUT2D eigenvalue weighted by molar-refractivity contribution is -0.883. The summed E-state index contributed by atoms with van der Waals surface area (Å²) in [7, 11) is 6.25. The maximum atomic E-state index is 13.2. The van der Waals surface area contributed by atoms with Crippen LogP contribution in [-0.2, 0) is 6.54 Å². The fraction of sp³-hybridized carbons (Fsp3) is 0.357. The van der Waals surface area contributed by atoms with Crippen LogP contribution in [-0.4, -0.2) is 30.6 Å². The number of aromatic amines is 1. The Kier molecular flexibility index (Phi) is 2.99. The van der Waals surface area contributed by atoms with Crippen molar-refractivity contribution in [2.75, 3.05) is 21.1 Å². The number of hydrogen-bond acceptors (Lipinski definition) is 1. The number of aryl methyl sites for hydroxylation is 1. The lowest BCUT2D eigenvalue weighted by Gasteiger charge is -2.25. The van der Waals surface area contributed by atoms with Crippen molar-refractivity contribution < 1.29 is 8.87 Å². The highest BCUT2D eigenvalue weighted by Crippen LogP contribution is 2.21. The fourth-order valence-electron chi connectivity index (χ4n) is 2.16. The van der Waals surface area contributed by atoms with Crippen LogP contribution in [0.1, 0.15) is 11.3 Å². The largest absolute Gasteiger partial charge is 0.327 e. The van der Waals surface area contributed by atoms with E-state index in [1.165, 1.54) is 12.1 Å². The maximum Gasteiger partial charge on any atom is 0.256 e. The van der Waals surface area contributed by atoms with Gasteiger partial charge in [0.2, 0.25) is 0 Å². The van der Waals surface area contributed by atoms with E-state index in [4.69, 9.17) is 0 Å². The first-order valence-electron chi connectivity index (χ1n) is 5.89. The number of pyridine rings is 1. The van der Waals surface area contributed by atoms with E-state index >= 15 is 0 Å². The third-order valence-electron chi connectivity index (χ3n) is 2.94. The third-order valence-corrected chi connectivity index (χ3v) is 2.94. The molecule has 0 atom stereocenters. The van der Waals surface area contributed by atoms with E-state index in [2.05, 4.69) is 26.1 Å². The SMILES string of the molecule is Cc1[nH]c(=O)c2cc(F)ccc2c1C[N+](C)(C)C. The molecule has 0 aliphatic heterocycles. The van der Waals surface area contributed by atoms with Crippen molar-refractivity contribution in [3.8, 4) is 0 Å². The Morgan fingerprint density at radius 2 is 1.89 bits per heavy atom. The van der Waals surface area contributed by atoms with Crippen molar-refractivity contribution >= 4 is 10.8 Å². The number of fused-ring (bicyclic) bond motifs is 1. The predicted octanol–water partition coefficient (Wildman–Crippen LogP) is 2.18. The van der Waals surface area contributed by atoms with E-state index in [0.717, 1.165) is 27.7 Å². The smallest absolute Gasteiger partial charge is 0.256 e. The summed E-state index contributed by atoms with van der Waals surface area (Å²) in [5.74, 6) is -0.381. The molecule has 0 aliphatic carbocycles. The number of H-pyrrole nitrogens is 1. The molecule has 2 rings (SSSR count). The van der Waals surface area contributed by atoms with Crippen molar-refractivity contribution in [2.45, 2.75) is 13.5 Å². The summed E-state index contributed by atoms with van der Waals surface area (Å²) in [6.45, 7) is 2.67. The van der Waals surface area contributed by atoms with E-state index in [1.54, 1.807) is 6.07 Å². The highest BCUT2D eigenvalue weighted by molar-refractivity contribution is 5.85. The minimum absolute atomic E-state index is 0.229. The number of aromatic nitrogens is 1. The summed E-state index contributed by atoms with van der Waals surface area (Å²) in [6, 6.07) is 4.39. The van der Waals surface area contributed by atoms with Crippen LogP contribution in [0.5, 0.6) is 0 Å². The summed E-state index contributed by atoms with van der Waals surface area (Å²) in [4.78, 5) is 14.6. The standard InChI is InChI=1S/C14H17FN2O/c1-9-13(8-17(2,3)4)11-6-5-10(15)7-12(11)14(18)16-9/h5-7H,8H2,1-4H3/p+1. The Morgan fingerprint density at radius 3 is 2.50 bits per heavy atom. The van der Waals surface area contributed by atoms with Gasteiger partial charge >= 0.3 is 0 Å². The molecule has 0 unspecified atom stereocenters. The molecule has 0 bridgehead atoms. The molecular weight excluding hydrogens is 231 g/mol. The lowest BCUT2D eigenvalue weighted by atomic mass is 10.0. The number of quaternary nitrogens is 1. The zero-order valence-corrected chi connectivity index (χ0v) is 11.2. The minimum atomic E-state index is -0.381. The fourth-order valence-corrected chi connectivity index (χ4v) is 2.16. The number of hydrogen-bond donors (Lipinski definition) is 1. The van der Waals surface area contributed by atoms with Crippen LogP contribution in [0.15, 0.2) is 23.0 Å². The van der Waals surface area contributed by atoms with E-state index < -0.39 is 0 Å². The van der Waals surface area contributed by atoms with E-state index in [1.807, 2.05) is 6.92 Å². The van der Waals surface area contributed by atoms with Gasteiger partial charge in [-0.25, -0.2) is 4.39 Å². The Morgan fingerprint density at radius 1 is 1.22 bits per heavy atom. The zero-order valence-electron chi connectivity index (χ0n) is 11.2. The molecule has 3 nitrogen and oxygen atoms in total. The number of nitrogens with zero attached hydrogens (tertiary/aromatic N) is 1. The van der Waals surface area contributed by atoms with Gasteiger partial charge in [0.1, 0.15) is 12.4 Å². The van der Waals surface area contributed by atoms with Gasteiger partial charge < -0.3 is 9.47 Å². The summed E-state index contributed by atoms with van der Waals surface area (Å²) in [5.41, 5.74) is 1.69. The van der Waals surface area contributed by atoms with Gasteiger partial charge in [-0.15, -0.1) is 0 Å². The van der Waals surface area contributed by atoms with Gasteiger partial charge in [0.15, 0.2) is 0 Å². The molecule has 96 valence electrons. The molecular formula is C14H18FN2O+. The molecule has 0 saturated carbocycles. The van der Waals surface area contributed by atoms with Gasteiger partial charge in [-0.3, -0.25) is 4.79 Å². The third kappa shape index (κ3) is 2.43. The highest BCUT2D eigenvalue weighted by atomic mass is 19.1. The van der Waals surface area contributed by atoms with Crippen molar-refractivity contribution in [3.05, 3.63) is 45.6 Å². The van der Waals surface area contributed by atoms with Crippen LogP contribution in [0.3, 0.4) is 0 Å². The highest BCUT2D eigenvalue weighted by Gasteiger charge is 2.16. The first-order valence-corrected chi connectivity index (χ1v) is 5.89. The molecule has 18 heavy (non-hydrogen) atoms. The molecule has 0 aliphatic rings. The van der Waals surface area contributed by atoms with Gasteiger partial charge in [-0.2, -0.15) is 0 Å². The monoisotopic (exact) mass is 249 g/mol. The van der Waals surface area contributed by atoms with Crippen LogP contribution < -0.4 is 5.56 Å². The molecule has 1 N–H and O–H groups in total. The van der Waals surface area contributed by atoms with E-state index in [-0.39, 0.29) is 11.4 Å². The van der Waals surface area contributed by atoms with Crippen molar-refractivity contribution in [1.29, 1.82) is 0 Å². The molecule has 0 radical (unpaired) electrons. The Bertz CT molecular complexity index is 653. The number of halogens is 1. The van der Waals surface area contributed by atoms with Gasteiger partial charge in [-0.1, -0.05) is 6.07 Å². The van der Waals surface area contributed by atoms with Crippen LogP contribution in [0.25, 0.3) is 10.8 Å². The van der Waals surface area contributed by atoms with Crippen LogP contribution >= 0.6 is 0 Å². The molecule has 1 heterocycles. The normalized spacial score (nSPS) is 12.1. The van der Waals surface area contributed by atoms with Gasteiger partial charge in [0, 0.05) is 11.3 Å². The molecule has 0 fully saturated rings. The lowest BCUT2D eigenvalue weighted by Crippen LogP contribution is -2.34. The zero-order chi connectivity index (χ0) is 13.5. The number of benzene rings is 1. The second kappa shape index (κ2) is 4.21. The van der Waals surface area contributed by atoms with Crippen molar-refractivity contribution in [1.82, 2.24) is 4.98 Å². The topological polar surface area (TPSA) is 32.9 Å². The Hall–Kier alpha value is -1.68. The molecule has 0 spiro atoms. The molecule has 2 aromatic rings. The summed E-state index contributed by atoms with van der Waals surface area (Å²) >= 11 is 0. The average molecular weight is 249 g/mol. The van der Waals surface area contributed by atoms with E-state index in [0.29, 0.717) is 5.39 Å².